The number of carboxylic acid groups (broad SMARTS) is 2. The first-order valence-corrected chi connectivity index (χ1v) is 12.8. The Hall–Kier alpha value is -2.87. The van der Waals surface area contributed by atoms with Gasteiger partial charge in [-0.1, -0.05) is 40.8 Å². The van der Waals surface area contributed by atoms with Crippen molar-refractivity contribution in [2.24, 2.45) is 0 Å². The van der Waals surface area contributed by atoms with E-state index in [9.17, 15) is 30.2 Å². The highest BCUT2D eigenvalue weighted by Crippen LogP contribution is 2.55. The third-order valence-corrected chi connectivity index (χ3v) is 7.64. The van der Waals surface area contributed by atoms with Crippen LogP contribution in [0.3, 0.4) is 0 Å². The minimum absolute atomic E-state index is 0.0788. The summed E-state index contributed by atoms with van der Waals surface area (Å²) in [6, 6.07) is 11.2. The third kappa shape index (κ3) is 4.51. The number of aliphatic carboxylic acids is 2. The highest BCUT2D eigenvalue weighted by atomic mass is 127. The van der Waals surface area contributed by atoms with Crippen molar-refractivity contribution in [1.82, 2.24) is 4.90 Å². The second-order valence-electron chi connectivity index (χ2n) is 9.37. The van der Waals surface area contributed by atoms with Gasteiger partial charge in [0.25, 0.3) is 0 Å². The first-order valence-electron chi connectivity index (χ1n) is 11.3. The van der Waals surface area contributed by atoms with Gasteiger partial charge in [0.05, 0.1) is 24.2 Å². The summed E-state index contributed by atoms with van der Waals surface area (Å²) >= 11 is 2.20. The summed E-state index contributed by atoms with van der Waals surface area (Å²) in [5.74, 6) is -1.57. The normalized spacial score (nSPS) is 19.2. The van der Waals surface area contributed by atoms with E-state index in [4.69, 9.17) is 4.74 Å². The molecular weight excluding hydrogens is 581 g/mol. The Morgan fingerprint density at radius 2 is 1.75 bits per heavy atom. The standard InChI is InChI=1S/C25H28IN3O7/c1-24(2)19-5-3-4-6-20(19)28(10-9-27(14-21(30)31)15-22(32)33)25(24)8-7-16-11-18(29(34)35)12-17(13-26)23(16)36-25/h3-8,11-12,34-35H,9-10,13-15H2,1-2H3,(H,30,31)(H,32,33). The van der Waals surface area contributed by atoms with Crippen LogP contribution in [0, 0.1) is 0 Å². The number of benzene rings is 2. The number of carboxylic acids is 2. The summed E-state index contributed by atoms with van der Waals surface area (Å²) in [5.41, 5.74) is 2.14. The molecule has 1 spiro atoms. The summed E-state index contributed by atoms with van der Waals surface area (Å²) in [7, 11) is 0. The molecule has 11 heteroatoms. The van der Waals surface area contributed by atoms with Crippen molar-refractivity contribution in [3.63, 3.8) is 0 Å². The zero-order valence-corrected chi connectivity index (χ0v) is 22.0. The van der Waals surface area contributed by atoms with Crippen LogP contribution in [-0.2, 0) is 19.4 Å². The predicted molar refractivity (Wildman–Crippen MR) is 141 cm³/mol. The molecule has 0 saturated carbocycles. The summed E-state index contributed by atoms with van der Waals surface area (Å²) < 4.78 is 7.40. The molecule has 10 nitrogen and oxygen atoms in total. The Labute approximate surface area is 222 Å². The second-order valence-corrected chi connectivity index (χ2v) is 10.1. The van der Waals surface area contributed by atoms with Gasteiger partial charge >= 0.3 is 11.9 Å². The van der Waals surface area contributed by atoms with Crippen LogP contribution >= 0.6 is 22.6 Å². The molecule has 2 aromatic carbocycles. The Balaban J connectivity index is 1.78. The Bertz CT molecular complexity index is 1200. The smallest absolute Gasteiger partial charge is 0.317 e. The number of halogens is 1. The third-order valence-electron chi connectivity index (χ3n) is 6.82. The number of para-hydroxylation sites is 1. The van der Waals surface area contributed by atoms with Gasteiger partial charge in [0.15, 0.2) is 0 Å². The minimum atomic E-state index is -1.10. The highest BCUT2D eigenvalue weighted by Gasteiger charge is 2.58. The molecule has 4 rings (SSSR count). The van der Waals surface area contributed by atoms with Crippen LogP contribution < -0.4 is 14.9 Å². The topological polar surface area (TPSA) is 134 Å². The number of rotatable bonds is 9. The van der Waals surface area contributed by atoms with Crippen LogP contribution in [0.2, 0.25) is 0 Å². The predicted octanol–water partition coefficient (Wildman–Crippen LogP) is 3.58. The van der Waals surface area contributed by atoms with E-state index < -0.39 is 36.2 Å². The van der Waals surface area contributed by atoms with Gasteiger partial charge in [0.1, 0.15) is 5.75 Å². The van der Waals surface area contributed by atoms with Gasteiger partial charge in [-0.25, -0.2) is 0 Å². The maximum atomic E-state index is 11.3. The fraction of sp³-hybridized carbons (Fsp3) is 0.360. The first kappa shape index (κ1) is 26.2. The number of alkyl halides is 1. The lowest BCUT2D eigenvalue weighted by atomic mass is 9.76. The molecule has 0 fully saturated rings. The highest BCUT2D eigenvalue weighted by molar-refractivity contribution is 14.1. The van der Waals surface area contributed by atoms with Crippen LogP contribution in [-0.4, -0.2) is 69.4 Å². The monoisotopic (exact) mass is 609 g/mol. The molecule has 36 heavy (non-hydrogen) atoms. The second kappa shape index (κ2) is 9.88. The van der Waals surface area contributed by atoms with Crippen LogP contribution in [0.25, 0.3) is 6.08 Å². The molecular formula is C25H28IN3O7. The minimum Gasteiger partial charge on any atom is -0.480 e. The molecule has 1 atom stereocenters. The SMILES string of the molecule is CC1(C)c2ccccc2N(CCN(CC(=O)O)CC(=O)O)C12C=Cc1cc(N(O)O)cc(CI)c1O2. The van der Waals surface area contributed by atoms with Crippen LogP contribution in [0.4, 0.5) is 11.4 Å². The van der Waals surface area contributed by atoms with Crippen molar-refractivity contribution in [1.29, 1.82) is 0 Å². The number of carbonyl (C=O) groups is 2. The molecule has 0 saturated heterocycles. The first-order chi connectivity index (χ1) is 17.0. The van der Waals surface area contributed by atoms with Crippen LogP contribution in [0.15, 0.2) is 42.5 Å². The quantitative estimate of drug-likeness (QED) is 0.190. The van der Waals surface area contributed by atoms with E-state index in [0.29, 0.717) is 22.3 Å². The number of fused-ring (bicyclic) bond motifs is 2. The summed E-state index contributed by atoms with van der Waals surface area (Å²) in [6.45, 7) is 3.89. The van der Waals surface area contributed by atoms with Gasteiger partial charge in [-0.2, -0.15) is 0 Å². The lowest BCUT2D eigenvalue weighted by Crippen LogP contribution is -2.61. The zero-order valence-electron chi connectivity index (χ0n) is 19.9. The maximum Gasteiger partial charge on any atom is 0.317 e. The molecule has 2 aliphatic rings. The number of nitrogens with zero attached hydrogens (tertiary/aromatic N) is 3. The molecule has 0 aliphatic carbocycles. The lowest BCUT2D eigenvalue weighted by Gasteiger charge is -2.48. The molecule has 4 N–H and O–H groups in total. The van der Waals surface area contributed by atoms with Crippen molar-refractivity contribution in [3.05, 3.63) is 59.2 Å². The molecule has 192 valence electrons. The van der Waals surface area contributed by atoms with Crippen molar-refractivity contribution in [3.8, 4) is 5.75 Å². The van der Waals surface area contributed by atoms with Crippen molar-refractivity contribution in [2.45, 2.75) is 29.4 Å². The molecule has 0 amide bonds. The van der Waals surface area contributed by atoms with Gasteiger partial charge < -0.3 is 19.8 Å². The summed E-state index contributed by atoms with van der Waals surface area (Å²) in [5, 5.41) is 37.8. The molecule has 2 aromatic rings. The zero-order chi connectivity index (χ0) is 26.3. The van der Waals surface area contributed by atoms with Gasteiger partial charge in [-0.05, 0) is 49.8 Å². The van der Waals surface area contributed by atoms with E-state index in [2.05, 4.69) is 41.3 Å². The molecule has 1 unspecified atom stereocenters. The molecule has 2 heterocycles. The largest absolute Gasteiger partial charge is 0.480 e. The van der Waals surface area contributed by atoms with E-state index in [0.717, 1.165) is 16.8 Å². The average molecular weight is 609 g/mol. The van der Waals surface area contributed by atoms with Crippen molar-refractivity contribution < 1.29 is 35.0 Å². The molecule has 0 radical (unpaired) electrons. The number of ether oxygens (including phenoxy) is 1. The lowest BCUT2D eigenvalue weighted by molar-refractivity contribution is -0.141. The fourth-order valence-electron chi connectivity index (χ4n) is 5.10. The van der Waals surface area contributed by atoms with E-state index in [1.54, 1.807) is 12.1 Å². The molecule has 0 aromatic heterocycles. The van der Waals surface area contributed by atoms with Crippen LogP contribution in [0.1, 0.15) is 30.5 Å². The summed E-state index contributed by atoms with van der Waals surface area (Å²) in [6.07, 6.45) is 3.84. The number of hydrogen-bond acceptors (Lipinski definition) is 8. The van der Waals surface area contributed by atoms with Gasteiger partial charge in [-0.3, -0.25) is 24.9 Å². The van der Waals surface area contributed by atoms with E-state index >= 15 is 0 Å². The summed E-state index contributed by atoms with van der Waals surface area (Å²) in [4.78, 5) is 26.1. The van der Waals surface area contributed by atoms with E-state index in [1.807, 2.05) is 36.4 Å². The Morgan fingerprint density at radius 1 is 1.08 bits per heavy atom. The van der Waals surface area contributed by atoms with Crippen molar-refractivity contribution in [2.75, 3.05) is 36.3 Å². The Morgan fingerprint density at radius 3 is 2.36 bits per heavy atom. The maximum absolute atomic E-state index is 11.3. The van der Waals surface area contributed by atoms with Crippen molar-refractivity contribution >= 4 is 52.0 Å². The fourth-order valence-corrected chi connectivity index (χ4v) is 5.67. The van der Waals surface area contributed by atoms with Gasteiger partial charge in [0.2, 0.25) is 5.72 Å². The Kier molecular flexibility index (Phi) is 7.19. The van der Waals surface area contributed by atoms with E-state index in [1.165, 1.54) is 4.90 Å². The number of hydrogen-bond donors (Lipinski definition) is 4. The average Bonchev–Trinajstić information content (AvgIpc) is 2.99. The number of anilines is 2. The molecule has 0 bridgehead atoms. The van der Waals surface area contributed by atoms with Crippen LogP contribution in [0.5, 0.6) is 5.75 Å². The van der Waals surface area contributed by atoms with E-state index in [-0.39, 0.29) is 17.5 Å². The van der Waals surface area contributed by atoms with Gasteiger partial charge in [-0.15, -0.1) is 5.23 Å². The molecule has 2 aliphatic heterocycles. The van der Waals surface area contributed by atoms with Gasteiger partial charge in [0, 0.05) is 34.3 Å².